The third-order valence-corrected chi connectivity index (χ3v) is 5.22. The van der Waals surface area contributed by atoms with Crippen LogP contribution in [0.3, 0.4) is 0 Å². The Kier molecular flexibility index (Phi) is 5.04. The van der Waals surface area contributed by atoms with Crippen LogP contribution >= 0.6 is 0 Å². The number of aromatic nitrogens is 3. The average molecular weight is 427 g/mol. The quantitative estimate of drug-likeness (QED) is 0.627. The van der Waals surface area contributed by atoms with E-state index in [1.54, 1.807) is 6.92 Å². The molecule has 1 amide bonds. The Morgan fingerprint density at radius 1 is 1.10 bits per heavy atom. The van der Waals surface area contributed by atoms with Gasteiger partial charge >= 0.3 is 6.18 Å². The summed E-state index contributed by atoms with van der Waals surface area (Å²) in [5, 5.41) is 10.2. The predicted molar refractivity (Wildman–Crippen MR) is 110 cm³/mol. The number of halogens is 3. The summed E-state index contributed by atoms with van der Waals surface area (Å²) in [5.41, 5.74) is 3.26. The molecule has 0 saturated carbocycles. The molecular weight excluding hydrogens is 407 g/mol. The van der Waals surface area contributed by atoms with Crippen LogP contribution in [0.2, 0.25) is 0 Å². The van der Waals surface area contributed by atoms with Gasteiger partial charge in [0.2, 0.25) is 5.95 Å². The second-order valence-corrected chi connectivity index (χ2v) is 7.49. The van der Waals surface area contributed by atoms with Gasteiger partial charge in [-0.3, -0.25) is 4.79 Å². The van der Waals surface area contributed by atoms with Crippen molar-refractivity contribution < 1.29 is 18.0 Å². The van der Waals surface area contributed by atoms with Crippen LogP contribution in [-0.4, -0.2) is 20.7 Å². The summed E-state index contributed by atoms with van der Waals surface area (Å²) in [6, 6.07) is 9.68. The molecule has 1 aliphatic rings. The zero-order valence-corrected chi connectivity index (χ0v) is 17.1. The second kappa shape index (κ2) is 7.57. The number of anilines is 2. The number of aryl methyl sites for hydroxylation is 2. The fourth-order valence-electron chi connectivity index (χ4n) is 3.69. The molecule has 0 saturated heterocycles. The van der Waals surface area contributed by atoms with Gasteiger partial charge in [0.05, 0.1) is 11.1 Å². The number of alkyl halides is 3. The van der Waals surface area contributed by atoms with Gasteiger partial charge in [0.1, 0.15) is 12.4 Å². The molecule has 31 heavy (non-hydrogen) atoms. The highest BCUT2D eigenvalue weighted by Gasteiger charge is 2.35. The van der Waals surface area contributed by atoms with Gasteiger partial charge in [-0.1, -0.05) is 29.8 Å². The fraction of sp³-hybridized carbons (Fsp3) is 0.227. The number of nitrogens with one attached hydrogen (secondary N) is 2. The van der Waals surface area contributed by atoms with Crippen molar-refractivity contribution >= 4 is 17.5 Å². The van der Waals surface area contributed by atoms with Gasteiger partial charge < -0.3 is 10.6 Å². The Hall–Kier alpha value is -3.62. The van der Waals surface area contributed by atoms with Crippen LogP contribution in [0.4, 0.5) is 24.8 Å². The second-order valence-electron chi connectivity index (χ2n) is 7.49. The number of nitrogens with zero attached hydrogens (tertiary/aromatic N) is 3. The summed E-state index contributed by atoms with van der Waals surface area (Å²) >= 11 is 0. The highest BCUT2D eigenvalue weighted by molar-refractivity contribution is 6.06. The molecule has 1 aromatic heterocycles. The highest BCUT2D eigenvalue weighted by atomic mass is 19.4. The van der Waals surface area contributed by atoms with Crippen molar-refractivity contribution in [3.8, 4) is 0 Å². The minimum absolute atomic E-state index is 0.345. The van der Waals surface area contributed by atoms with E-state index < -0.39 is 17.8 Å². The molecule has 160 valence electrons. The van der Waals surface area contributed by atoms with Gasteiger partial charge in [-0.2, -0.15) is 23.3 Å². The maximum Gasteiger partial charge on any atom is 0.416 e. The Labute approximate surface area is 176 Å². The van der Waals surface area contributed by atoms with Gasteiger partial charge in [-0.25, -0.2) is 4.68 Å². The Morgan fingerprint density at radius 2 is 1.81 bits per heavy atom. The van der Waals surface area contributed by atoms with Crippen molar-refractivity contribution in [3.63, 3.8) is 0 Å². The number of fused-ring (bicyclic) bond motifs is 1. The smallest absolute Gasteiger partial charge is 0.328 e. The first kappa shape index (κ1) is 20.6. The van der Waals surface area contributed by atoms with Gasteiger partial charge in [0.15, 0.2) is 0 Å². The maximum absolute atomic E-state index is 13.3. The van der Waals surface area contributed by atoms with Crippen LogP contribution in [0.5, 0.6) is 0 Å². The number of allylic oxidation sites excluding steroid dienone is 1. The number of amides is 1. The highest BCUT2D eigenvalue weighted by Crippen LogP contribution is 2.37. The third-order valence-electron chi connectivity index (χ3n) is 5.22. The van der Waals surface area contributed by atoms with Crippen LogP contribution < -0.4 is 10.6 Å². The number of hydrogen-bond acceptors (Lipinski definition) is 4. The summed E-state index contributed by atoms with van der Waals surface area (Å²) < 4.78 is 40.5. The largest absolute Gasteiger partial charge is 0.416 e. The number of rotatable bonds is 3. The summed E-state index contributed by atoms with van der Waals surface area (Å²) in [6.45, 7) is 5.58. The summed E-state index contributed by atoms with van der Waals surface area (Å²) in [6.07, 6.45) is -3.11. The van der Waals surface area contributed by atoms with E-state index in [1.807, 2.05) is 32.0 Å². The van der Waals surface area contributed by atoms with E-state index in [4.69, 9.17) is 0 Å². The first-order valence-corrected chi connectivity index (χ1v) is 9.58. The molecule has 2 aromatic carbocycles. The number of hydrogen-bond donors (Lipinski definition) is 2. The van der Waals surface area contributed by atoms with E-state index in [-0.39, 0.29) is 5.91 Å². The van der Waals surface area contributed by atoms with Crippen LogP contribution in [0, 0.1) is 13.8 Å². The molecule has 6 nitrogen and oxygen atoms in total. The first-order valence-electron chi connectivity index (χ1n) is 9.58. The Morgan fingerprint density at radius 3 is 2.45 bits per heavy atom. The fourth-order valence-corrected chi connectivity index (χ4v) is 3.69. The van der Waals surface area contributed by atoms with Gasteiger partial charge in [0.25, 0.3) is 5.91 Å². The molecule has 1 atom stereocenters. The SMILES string of the molecule is CC1=C(C(=O)Nc2ccc(C)cc2C)[C@H](c2ccc(C(F)(F)F)cc2)n2ncnc2N1. The van der Waals surface area contributed by atoms with Crippen LogP contribution in [0.15, 0.2) is 60.1 Å². The molecule has 3 aromatic rings. The lowest BCUT2D eigenvalue weighted by molar-refractivity contribution is -0.137. The standard InChI is InChI=1S/C22H20F3N5O/c1-12-4-9-17(13(2)10-12)29-20(31)18-14(3)28-21-26-11-27-30(21)19(18)15-5-7-16(8-6-15)22(23,24)25/h4-11,19H,1-3H3,(H,29,31)(H,26,27,28)/t19-/m0/s1. The average Bonchev–Trinajstić information content (AvgIpc) is 3.16. The minimum Gasteiger partial charge on any atom is -0.328 e. The predicted octanol–water partition coefficient (Wildman–Crippen LogP) is 4.84. The van der Waals surface area contributed by atoms with Crippen LogP contribution in [0.25, 0.3) is 0 Å². The molecule has 0 spiro atoms. The topological polar surface area (TPSA) is 71.8 Å². The lowest BCUT2D eigenvalue weighted by atomic mass is 9.94. The van der Waals surface area contributed by atoms with E-state index in [1.165, 1.54) is 23.1 Å². The van der Waals surface area contributed by atoms with E-state index in [2.05, 4.69) is 20.7 Å². The summed E-state index contributed by atoms with van der Waals surface area (Å²) in [7, 11) is 0. The summed E-state index contributed by atoms with van der Waals surface area (Å²) in [4.78, 5) is 17.4. The number of carbonyl (C=O) groups is 1. The van der Waals surface area contributed by atoms with Crippen molar-refractivity contribution in [3.05, 3.63) is 82.3 Å². The lowest BCUT2D eigenvalue weighted by Crippen LogP contribution is -2.31. The molecule has 4 rings (SSSR count). The van der Waals surface area contributed by atoms with E-state index in [0.717, 1.165) is 23.3 Å². The van der Waals surface area contributed by atoms with Gasteiger partial charge in [0, 0.05) is 11.4 Å². The van der Waals surface area contributed by atoms with Crippen LogP contribution in [0.1, 0.15) is 35.2 Å². The van der Waals surface area contributed by atoms with Crippen molar-refractivity contribution in [2.45, 2.75) is 33.0 Å². The van der Waals surface area contributed by atoms with Crippen molar-refractivity contribution in [1.29, 1.82) is 0 Å². The van der Waals surface area contributed by atoms with Crippen LogP contribution in [-0.2, 0) is 11.0 Å². The Bertz CT molecular complexity index is 1180. The van der Waals surface area contributed by atoms with Crippen molar-refractivity contribution in [2.24, 2.45) is 0 Å². The molecule has 0 aliphatic carbocycles. The molecular formula is C22H20F3N5O. The number of carbonyl (C=O) groups excluding carboxylic acids is 1. The molecule has 0 bridgehead atoms. The Balaban J connectivity index is 1.75. The van der Waals surface area contributed by atoms with E-state index >= 15 is 0 Å². The molecule has 1 aliphatic heterocycles. The number of benzene rings is 2. The molecule has 2 N–H and O–H groups in total. The normalized spacial score (nSPS) is 16.0. The molecule has 0 radical (unpaired) electrons. The van der Waals surface area contributed by atoms with Crippen molar-refractivity contribution in [2.75, 3.05) is 10.6 Å². The zero-order valence-electron chi connectivity index (χ0n) is 17.1. The zero-order chi connectivity index (χ0) is 22.3. The van der Waals surface area contributed by atoms with Gasteiger partial charge in [-0.15, -0.1) is 0 Å². The van der Waals surface area contributed by atoms with Gasteiger partial charge in [-0.05, 0) is 50.1 Å². The van der Waals surface area contributed by atoms with E-state index in [9.17, 15) is 18.0 Å². The first-order chi connectivity index (χ1) is 14.6. The monoisotopic (exact) mass is 427 g/mol. The third kappa shape index (κ3) is 3.90. The molecule has 9 heteroatoms. The molecule has 0 unspecified atom stereocenters. The minimum atomic E-state index is -4.44. The molecule has 0 fully saturated rings. The molecule has 2 heterocycles. The lowest BCUT2D eigenvalue weighted by Gasteiger charge is -2.29. The summed E-state index contributed by atoms with van der Waals surface area (Å²) in [5.74, 6) is 0.0356. The van der Waals surface area contributed by atoms with Crippen molar-refractivity contribution in [1.82, 2.24) is 14.8 Å². The van der Waals surface area contributed by atoms with E-state index in [0.29, 0.717) is 28.5 Å². The maximum atomic E-state index is 13.3.